The van der Waals surface area contributed by atoms with Crippen LogP contribution in [0.15, 0.2) is 24.3 Å². The van der Waals surface area contributed by atoms with Gasteiger partial charge in [0.05, 0.1) is 25.4 Å². The van der Waals surface area contributed by atoms with Crippen molar-refractivity contribution in [3.05, 3.63) is 24.3 Å². The number of carbonyl (C=O) groups excluding carboxylic acids is 1. The molecule has 0 aromatic rings. The molecule has 1 fully saturated rings. The topological polar surface area (TPSA) is 149 Å². The number of ether oxygens (including phenoxy) is 2. The first-order valence-corrected chi connectivity index (χ1v) is 27.6. The lowest BCUT2D eigenvalue weighted by atomic mass is 9.99. The molecule has 1 heterocycles. The smallest absolute Gasteiger partial charge is 0.220 e. The summed E-state index contributed by atoms with van der Waals surface area (Å²) in [6, 6.07) is -0.801. The summed E-state index contributed by atoms with van der Waals surface area (Å²) in [6.07, 6.45) is 49.7. The molecule has 64 heavy (non-hydrogen) atoms. The van der Waals surface area contributed by atoms with E-state index in [1.165, 1.54) is 205 Å². The maximum atomic E-state index is 13.0. The van der Waals surface area contributed by atoms with Crippen LogP contribution in [0.3, 0.4) is 0 Å². The molecule has 6 N–H and O–H groups in total. The molecular formula is C55H105NO8. The molecule has 1 rings (SSSR count). The Bertz CT molecular complexity index is 1060. The van der Waals surface area contributed by atoms with Crippen molar-refractivity contribution < 1.29 is 39.8 Å². The molecule has 0 saturated carbocycles. The van der Waals surface area contributed by atoms with Gasteiger partial charge in [-0.05, 0) is 44.9 Å². The minimum absolute atomic E-state index is 0.175. The number of carbonyl (C=O) groups is 1. The van der Waals surface area contributed by atoms with Crippen molar-refractivity contribution in [2.75, 3.05) is 13.2 Å². The van der Waals surface area contributed by atoms with E-state index in [9.17, 15) is 30.3 Å². The SMILES string of the molecule is CCCCCCCCCCCC/C=C/C(O)C(COC1OC(CO)C(O)C(O)C1O)NC(=O)CCCCCCCCCCCCCCC/C=C\CCCCCCCCCCCCCC. The maximum Gasteiger partial charge on any atom is 0.220 e. The van der Waals surface area contributed by atoms with Crippen LogP contribution in [-0.4, -0.2) is 87.5 Å². The van der Waals surface area contributed by atoms with Gasteiger partial charge in [0.2, 0.25) is 5.91 Å². The molecule has 0 aromatic carbocycles. The van der Waals surface area contributed by atoms with E-state index >= 15 is 0 Å². The van der Waals surface area contributed by atoms with Gasteiger partial charge in [0.25, 0.3) is 0 Å². The minimum Gasteiger partial charge on any atom is -0.394 e. The number of aliphatic hydroxyl groups excluding tert-OH is 5. The fraction of sp³-hybridized carbons (Fsp3) is 0.909. The average molecular weight is 908 g/mol. The number of amides is 1. The maximum absolute atomic E-state index is 13.0. The van der Waals surface area contributed by atoms with Crippen LogP contribution in [0.25, 0.3) is 0 Å². The van der Waals surface area contributed by atoms with Crippen molar-refractivity contribution >= 4 is 5.91 Å². The van der Waals surface area contributed by atoms with E-state index in [1.807, 2.05) is 6.08 Å². The molecule has 378 valence electrons. The summed E-state index contributed by atoms with van der Waals surface area (Å²) in [5.41, 5.74) is 0. The third-order valence-corrected chi connectivity index (χ3v) is 13.3. The Morgan fingerprint density at radius 3 is 1.27 bits per heavy atom. The Morgan fingerprint density at radius 1 is 0.516 bits per heavy atom. The Balaban J connectivity index is 2.15. The fourth-order valence-electron chi connectivity index (χ4n) is 8.86. The Morgan fingerprint density at radius 2 is 0.875 bits per heavy atom. The van der Waals surface area contributed by atoms with E-state index in [1.54, 1.807) is 6.08 Å². The summed E-state index contributed by atoms with van der Waals surface area (Å²) < 4.78 is 11.2. The highest BCUT2D eigenvalue weighted by molar-refractivity contribution is 5.76. The van der Waals surface area contributed by atoms with Crippen LogP contribution in [0.2, 0.25) is 0 Å². The normalized spacial score (nSPS) is 20.1. The standard InChI is InChI=1S/C55H105NO8/c1-3-5-7-9-11-13-15-17-18-19-20-21-22-23-24-25-26-27-28-29-30-31-32-33-35-37-39-41-43-45-51(59)56-48(47-63-55-54(62)53(61)52(60)50(46-57)64-55)49(58)44-42-40-38-36-34-16-14-12-10-8-6-4-2/h23-24,42,44,48-50,52-55,57-58,60-62H,3-22,25-41,43,45-47H2,1-2H3,(H,56,59)/b24-23-,44-42+. The zero-order valence-electron chi connectivity index (χ0n) is 41.8. The molecule has 0 radical (unpaired) electrons. The first kappa shape index (κ1) is 60.7. The number of unbranched alkanes of at least 4 members (excludes halogenated alkanes) is 35. The van der Waals surface area contributed by atoms with Crippen LogP contribution < -0.4 is 5.32 Å². The summed E-state index contributed by atoms with van der Waals surface area (Å²) >= 11 is 0. The largest absolute Gasteiger partial charge is 0.394 e. The zero-order valence-corrected chi connectivity index (χ0v) is 41.8. The summed E-state index contributed by atoms with van der Waals surface area (Å²) in [6.45, 7) is 3.79. The predicted molar refractivity (Wildman–Crippen MR) is 267 cm³/mol. The Labute approximate surface area is 394 Å². The molecule has 0 aliphatic carbocycles. The molecular weight excluding hydrogens is 803 g/mol. The molecule has 1 aliphatic heterocycles. The second-order valence-corrected chi connectivity index (χ2v) is 19.4. The van der Waals surface area contributed by atoms with Crippen LogP contribution in [-0.2, 0) is 14.3 Å². The summed E-state index contributed by atoms with van der Waals surface area (Å²) in [7, 11) is 0. The summed E-state index contributed by atoms with van der Waals surface area (Å²) in [5, 5.41) is 54.3. The van der Waals surface area contributed by atoms with Crippen molar-refractivity contribution in [2.45, 2.75) is 307 Å². The second kappa shape index (κ2) is 45.5. The minimum atomic E-state index is -1.56. The zero-order chi connectivity index (χ0) is 46.6. The molecule has 0 aromatic heterocycles. The van der Waals surface area contributed by atoms with E-state index < -0.39 is 49.5 Å². The quantitative estimate of drug-likeness (QED) is 0.0261. The molecule has 0 spiro atoms. The van der Waals surface area contributed by atoms with Crippen molar-refractivity contribution in [1.29, 1.82) is 0 Å². The summed E-state index contributed by atoms with van der Waals surface area (Å²) in [4.78, 5) is 13.0. The monoisotopic (exact) mass is 908 g/mol. The molecule has 9 heteroatoms. The highest BCUT2D eigenvalue weighted by Crippen LogP contribution is 2.23. The van der Waals surface area contributed by atoms with E-state index in [-0.39, 0.29) is 12.5 Å². The molecule has 7 atom stereocenters. The van der Waals surface area contributed by atoms with Crippen molar-refractivity contribution in [3.63, 3.8) is 0 Å². The number of allylic oxidation sites excluding steroid dienone is 3. The van der Waals surface area contributed by atoms with E-state index in [0.717, 1.165) is 38.5 Å². The van der Waals surface area contributed by atoms with Gasteiger partial charge in [-0.1, -0.05) is 237 Å². The number of hydrogen-bond donors (Lipinski definition) is 6. The van der Waals surface area contributed by atoms with Gasteiger partial charge >= 0.3 is 0 Å². The number of nitrogens with one attached hydrogen (secondary N) is 1. The van der Waals surface area contributed by atoms with Gasteiger partial charge in [-0.2, -0.15) is 0 Å². The van der Waals surface area contributed by atoms with Gasteiger partial charge in [0.15, 0.2) is 6.29 Å². The summed E-state index contributed by atoms with van der Waals surface area (Å²) in [5.74, 6) is -0.175. The highest BCUT2D eigenvalue weighted by atomic mass is 16.7. The van der Waals surface area contributed by atoms with Crippen molar-refractivity contribution in [2.24, 2.45) is 0 Å². The van der Waals surface area contributed by atoms with Crippen molar-refractivity contribution in [1.82, 2.24) is 5.32 Å². The molecule has 1 amide bonds. The van der Waals surface area contributed by atoms with Gasteiger partial charge < -0.3 is 40.3 Å². The molecule has 1 saturated heterocycles. The molecule has 9 nitrogen and oxygen atoms in total. The third kappa shape index (κ3) is 34.9. The molecule has 0 bridgehead atoms. The van der Waals surface area contributed by atoms with Crippen LogP contribution in [0, 0.1) is 0 Å². The van der Waals surface area contributed by atoms with Gasteiger partial charge in [0.1, 0.15) is 24.4 Å². The first-order chi connectivity index (χ1) is 31.3. The van der Waals surface area contributed by atoms with Gasteiger partial charge in [-0.25, -0.2) is 0 Å². The lowest BCUT2D eigenvalue weighted by Crippen LogP contribution is -2.60. The van der Waals surface area contributed by atoms with Gasteiger partial charge in [0, 0.05) is 6.42 Å². The molecule has 1 aliphatic rings. The van der Waals surface area contributed by atoms with Crippen molar-refractivity contribution in [3.8, 4) is 0 Å². The van der Waals surface area contributed by atoms with E-state index in [4.69, 9.17) is 9.47 Å². The van der Waals surface area contributed by atoms with Crippen LogP contribution in [0.4, 0.5) is 0 Å². The van der Waals surface area contributed by atoms with E-state index in [2.05, 4.69) is 31.3 Å². The van der Waals surface area contributed by atoms with Gasteiger partial charge in [-0.15, -0.1) is 0 Å². The highest BCUT2D eigenvalue weighted by Gasteiger charge is 2.44. The number of aliphatic hydroxyl groups is 5. The second-order valence-electron chi connectivity index (χ2n) is 19.4. The molecule has 7 unspecified atom stereocenters. The third-order valence-electron chi connectivity index (χ3n) is 13.3. The Hall–Kier alpha value is -1.33. The van der Waals surface area contributed by atoms with E-state index in [0.29, 0.717) is 6.42 Å². The van der Waals surface area contributed by atoms with Crippen LogP contribution in [0.1, 0.15) is 264 Å². The fourth-order valence-corrected chi connectivity index (χ4v) is 8.86. The number of hydrogen-bond acceptors (Lipinski definition) is 8. The van der Waals surface area contributed by atoms with Crippen LogP contribution in [0.5, 0.6) is 0 Å². The number of rotatable bonds is 47. The predicted octanol–water partition coefficient (Wildman–Crippen LogP) is 13.0. The lowest BCUT2D eigenvalue weighted by molar-refractivity contribution is -0.302. The first-order valence-electron chi connectivity index (χ1n) is 27.6. The Kier molecular flexibility index (Phi) is 43.1. The lowest BCUT2D eigenvalue weighted by Gasteiger charge is -2.40. The van der Waals surface area contributed by atoms with Crippen LogP contribution >= 0.6 is 0 Å². The average Bonchev–Trinajstić information content (AvgIpc) is 3.29. The van der Waals surface area contributed by atoms with Gasteiger partial charge in [-0.3, -0.25) is 4.79 Å².